The highest BCUT2D eigenvalue weighted by Gasteiger charge is 2.30. The van der Waals surface area contributed by atoms with Gasteiger partial charge in [-0.2, -0.15) is 0 Å². The molecule has 0 bridgehead atoms. The van der Waals surface area contributed by atoms with E-state index in [1.54, 1.807) is 48.5 Å². The Morgan fingerprint density at radius 2 is 1.69 bits per heavy atom. The van der Waals surface area contributed by atoms with Gasteiger partial charge in [-0.3, -0.25) is 24.1 Å². The molecule has 1 fully saturated rings. The van der Waals surface area contributed by atoms with Gasteiger partial charge in [0.25, 0.3) is 5.91 Å². The molecule has 2 aromatic rings. The molecule has 1 N–H and O–H groups in total. The Bertz CT molecular complexity index is 932. The van der Waals surface area contributed by atoms with Crippen LogP contribution in [0.2, 0.25) is 0 Å². The number of nitrogens with one attached hydrogen (secondary N) is 1. The SMILES string of the molecule is CC(=O)N1CC(=O)N/C(=C\c2cccc(C(=O)c3ccccc3)c2)C1=O. The normalized spacial score (nSPS) is 15.7. The molecule has 0 aromatic heterocycles. The van der Waals surface area contributed by atoms with Gasteiger partial charge < -0.3 is 5.32 Å². The van der Waals surface area contributed by atoms with Crippen LogP contribution in [0.15, 0.2) is 60.3 Å². The highest BCUT2D eigenvalue weighted by molar-refractivity contribution is 6.13. The van der Waals surface area contributed by atoms with Crippen molar-refractivity contribution in [2.45, 2.75) is 6.92 Å². The van der Waals surface area contributed by atoms with Crippen LogP contribution in [0.1, 0.15) is 28.4 Å². The third kappa shape index (κ3) is 3.59. The van der Waals surface area contributed by atoms with Gasteiger partial charge in [-0.1, -0.05) is 48.5 Å². The first-order valence-corrected chi connectivity index (χ1v) is 7.99. The van der Waals surface area contributed by atoms with E-state index >= 15 is 0 Å². The highest BCUT2D eigenvalue weighted by Crippen LogP contribution is 2.16. The van der Waals surface area contributed by atoms with Crippen LogP contribution in [-0.4, -0.2) is 34.9 Å². The van der Waals surface area contributed by atoms with Crippen LogP contribution in [0, 0.1) is 0 Å². The monoisotopic (exact) mass is 348 g/mol. The number of carbonyl (C=O) groups is 4. The largest absolute Gasteiger partial charge is 0.320 e. The van der Waals surface area contributed by atoms with Gasteiger partial charge >= 0.3 is 0 Å². The number of rotatable bonds is 3. The number of hydrogen-bond donors (Lipinski definition) is 1. The van der Waals surface area contributed by atoms with E-state index in [4.69, 9.17) is 0 Å². The first-order chi connectivity index (χ1) is 12.5. The number of amides is 3. The Balaban J connectivity index is 1.92. The third-order valence-corrected chi connectivity index (χ3v) is 3.93. The molecule has 0 spiro atoms. The lowest BCUT2D eigenvalue weighted by molar-refractivity contribution is -0.147. The quantitative estimate of drug-likeness (QED) is 0.677. The molecule has 1 heterocycles. The van der Waals surface area contributed by atoms with Gasteiger partial charge in [-0.05, 0) is 17.7 Å². The topological polar surface area (TPSA) is 83.6 Å². The van der Waals surface area contributed by atoms with E-state index < -0.39 is 17.7 Å². The van der Waals surface area contributed by atoms with E-state index in [-0.39, 0.29) is 18.0 Å². The Kier molecular flexibility index (Phi) is 4.75. The molecule has 26 heavy (non-hydrogen) atoms. The highest BCUT2D eigenvalue weighted by atomic mass is 16.2. The average molecular weight is 348 g/mol. The summed E-state index contributed by atoms with van der Waals surface area (Å²) in [5.74, 6) is -1.65. The fourth-order valence-corrected chi connectivity index (χ4v) is 2.65. The number of hydrogen-bond acceptors (Lipinski definition) is 4. The molecule has 0 saturated carbocycles. The van der Waals surface area contributed by atoms with E-state index in [0.29, 0.717) is 16.7 Å². The second-order valence-corrected chi connectivity index (χ2v) is 5.84. The van der Waals surface area contributed by atoms with Gasteiger partial charge in [0.1, 0.15) is 12.2 Å². The fourth-order valence-electron chi connectivity index (χ4n) is 2.65. The number of nitrogens with zero attached hydrogens (tertiary/aromatic N) is 1. The fraction of sp³-hybridized carbons (Fsp3) is 0.100. The molecular weight excluding hydrogens is 332 g/mol. The maximum atomic E-state index is 12.5. The zero-order valence-electron chi connectivity index (χ0n) is 14.1. The summed E-state index contributed by atoms with van der Waals surface area (Å²) in [4.78, 5) is 49.0. The minimum absolute atomic E-state index is 0.000704. The summed E-state index contributed by atoms with van der Waals surface area (Å²) in [7, 11) is 0. The standard InChI is InChI=1S/C20H16N2O4/c1-13(23)22-12-18(24)21-17(20(22)26)11-14-6-5-9-16(10-14)19(25)15-7-3-2-4-8-15/h2-11H,12H2,1H3,(H,21,24)/b17-11-. The lowest BCUT2D eigenvalue weighted by Crippen LogP contribution is -2.51. The van der Waals surface area contributed by atoms with Gasteiger partial charge in [0, 0.05) is 18.1 Å². The van der Waals surface area contributed by atoms with Crippen LogP contribution in [0.3, 0.4) is 0 Å². The van der Waals surface area contributed by atoms with E-state index in [9.17, 15) is 19.2 Å². The summed E-state index contributed by atoms with van der Waals surface area (Å²) in [6.07, 6.45) is 1.46. The van der Waals surface area contributed by atoms with Crippen LogP contribution in [0.25, 0.3) is 6.08 Å². The second kappa shape index (κ2) is 7.14. The summed E-state index contributed by atoms with van der Waals surface area (Å²) in [6, 6.07) is 15.6. The van der Waals surface area contributed by atoms with Gasteiger partial charge in [-0.15, -0.1) is 0 Å². The lowest BCUT2D eigenvalue weighted by Gasteiger charge is -2.25. The van der Waals surface area contributed by atoms with Crippen LogP contribution in [0.5, 0.6) is 0 Å². The molecule has 130 valence electrons. The van der Waals surface area contributed by atoms with Crippen molar-refractivity contribution in [2.75, 3.05) is 6.54 Å². The van der Waals surface area contributed by atoms with Gasteiger partial charge in [0.05, 0.1) is 0 Å². The zero-order chi connectivity index (χ0) is 18.7. The molecule has 3 amide bonds. The lowest BCUT2D eigenvalue weighted by atomic mass is 10.0. The van der Waals surface area contributed by atoms with Gasteiger partial charge in [-0.25, -0.2) is 0 Å². The van der Waals surface area contributed by atoms with Crippen LogP contribution < -0.4 is 5.32 Å². The third-order valence-electron chi connectivity index (χ3n) is 3.93. The zero-order valence-corrected chi connectivity index (χ0v) is 14.1. The van der Waals surface area contributed by atoms with Crippen LogP contribution in [0.4, 0.5) is 0 Å². The smallest absolute Gasteiger partial charge is 0.277 e. The molecule has 6 nitrogen and oxygen atoms in total. The van der Waals surface area contributed by atoms with Crippen LogP contribution in [-0.2, 0) is 14.4 Å². The summed E-state index contributed by atoms with van der Waals surface area (Å²) in [5.41, 5.74) is 1.59. The molecule has 2 aromatic carbocycles. The molecule has 6 heteroatoms. The van der Waals surface area contributed by atoms with Crippen molar-refractivity contribution in [2.24, 2.45) is 0 Å². The number of ketones is 1. The molecule has 1 aliphatic rings. The first kappa shape index (κ1) is 17.3. The Morgan fingerprint density at radius 1 is 1.00 bits per heavy atom. The van der Waals surface area contributed by atoms with Crippen molar-refractivity contribution in [1.29, 1.82) is 0 Å². The Hall–Kier alpha value is -3.54. The summed E-state index contributed by atoms with van der Waals surface area (Å²) in [6.45, 7) is 0.936. The minimum atomic E-state index is -0.572. The van der Waals surface area contributed by atoms with Crippen molar-refractivity contribution in [3.63, 3.8) is 0 Å². The van der Waals surface area contributed by atoms with Crippen molar-refractivity contribution in [1.82, 2.24) is 10.2 Å². The minimum Gasteiger partial charge on any atom is -0.320 e. The van der Waals surface area contributed by atoms with Crippen molar-refractivity contribution in [3.05, 3.63) is 77.0 Å². The number of imide groups is 1. The maximum Gasteiger partial charge on any atom is 0.277 e. The van der Waals surface area contributed by atoms with Crippen molar-refractivity contribution >= 4 is 29.6 Å². The summed E-state index contributed by atoms with van der Waals surface area (Å²) >= 11 is 0. The number of piperazine rings is 1. The molecular formula is C20H16N2O4. The predicted octanol–water partition coefficient (Wildman–Crippen LogP) is 1.76. The maximum absolute atomic E-state index is 12.5. The predicted molar refractivity (Wildman–Crippen MR) is 94.8 cm³/mol. The summed E-state index contributed by atoms with van der Waals surface area (Å²) in [5, 5.41) is 2.47. The molecule has 0 radical (unpaired) electrons. The second-order valence-electron chi connectivity index (χ2n) is 5.84. The summed E-state index contributed by atoms with van der Waals surface area (Å²) < 4.78 is 0. The van der Waals surface area contributed by atoms with Gasteiger partial charge in [0.15, 0.2) is 5.78 Å². The number of carbonyl (C=O) groups excluding carboxylic acids is 4. The Morgan fingerprint density at radius 3 is 2.38 bits per heavy atom. The van der Waals surface area contributed by atoms with E-state index in [2.05, 4.69) is 5.32 Å². The van der Waals surface area contributed by atoms with Crippen molar-refractivity contribution in [3.8, 4) is 0 Å². The first-order valence-electron chi connectivity index (χ1n) is 7.99. The molecule has 1 aliphatic heterocycles. The Labute approximate surface area is 150 Å². The van der Waals surface area contributed by atoms with E-state index in [0.717, 1.165) is 4.90 Å². The van der Waals surface area contributed by atoms with E-state index in [1.165, 1.54) is 13.0 Å². The van der Waals surface area contributed by atoms with E-state index in [1.807, 2.05) is 6.07 Å². The molecule has 0 unspecified atom stereocenters. The molecule has 1 saturated heterocycles. The average Bonchev–Trinajstić information content (AvgIpc) is 2.64. The molecule has 0 aliphatic carbocycles. The van der Waals surface area contributed by atoms with Crippen LogP contribution >= 0.6 is 0 Å². The number of benzene rings is 2. The molecule has 3 rings (SSSR count). The van der Waals surface area contributed by atoms with Crippen molar-refractivity contribution < 1.29 is 19.2 Å². The van der Waals surface area contributed by atoms with Gasteiger partial charge in [0.2, 0.25) is 11.8 Å². The molecule has 0 atom stereocenters.